The Morgan fingerprint density at radius 1 is 1.18 bits per heavy atom. The van der Waals surface area contributed by atoms with Crippen molar-refractivity contribution in [2.75, 3.05) is 0 Å². The molecule has 0 aliphatic carbocycles. The van der Waals surface area contributed by atoms with Crippen molar-refractivity contribution >= 4 is 6.29 Å². The Morgan fingerprint density at radius 3 is 2.41 bits per heavy atom. The molecule has 0 saturated carbocycles. The lowest BCUT2D eigenvalue weighted by Gasteiger charge is -2.07. The summed E-state index contributed by atoms with van der Waals surface area (Å²) in [5.41, 5.74) is 3.33. The second-order valence-electron chi connectivity index (χ2n) is 4.63. The third-order valence-corrected chi connectivity index (χ3v) is 2.92. The van der Waals surface area contributed by atoms with Gasteiger partial charge in [0.25, 0.3) is 0 Å². The highest BCUT2D eigenvalue weighted by Gasteiger charge is 2.00. The van der Waals surface area contributed by atoms with Crippen molar-refractivity contribution in [2.24, 2.45) is 0 Å². The fraction of sp³-hybridized carbons (Fsp3) is 0.267. The van der Waals surface area contributed by atoms with Gasteiger partial charge in [-0.2, -0.15) is 0 Å². The van der Waals surface area contributed by atoms with Gasteiger partial charge in [0.2, 0.25) is 0 Å². The van der Waals surface area contributed by atoms with E-state index in [1.54, 1.807) is 0 Å². The number of hydrogen-bond donors (Lipinski definition) is 0. The second-order valence-corrected chi connectivity index (χ2v) is 4.63. The zero-order valence-corrected chi connectivity index (χ0v) is 10.3. The molecule has 0 amide bonds. The van der Waals surface area contributed by atoms with E-state index >= 15 is 0 Å². The Hall–Kier alpha value is -1.83. The predicted molar refractivity (Wildman–Crippen MR) is 69.5 cm³/mol. The van der Waals surface area contributed by atoms with Gasteiger partial charge in [0.1, 0.15) is 0 Å². The maximum atomic E-state index is 10.6. The number of hydrogen-bond acceptors (Lipinski definition) is 1. The first-order chi connectivity index (χ1) is 8.19. The van der Waals surface area contributed by atoms with Gasteiger partial charge in [-0.15, -0.1) is 0 Å². The molecule has 0 saturated heterocycles. The lowest BCUT2D eigenvalue weighted by Crippen LogP contribution is -1.97. The Balaban J connectivity index is 2.10. The fourth-order valence-corrected chi connectivity index (χ4v) is 1.85. The normalized spacial score (nSPS) is 10.8. The lowest BCUT2D eigenvalue weighted by atomic mass is 10.0. The van der Waals surface area contributed by atoms with Crippen LogP contribution in [-0.4, -0.2) is 10.9 Å². The molecule has 0 unspecified atom stereocenters. The summed E-state index contributed by atoms with van der Waals surface area (Å²) in [6.45, 7) is 5.20. The molecule has 17 heavy (non-hydrogen) atoms. The monoisotopic (exact) mass is 227 g/mol. The molecule has 0 aliphatic rings. The first kappa shape index (κ1) is 11.6. The first-order valence-electron chi connectivity index (χ1n) is 5.89. The minimum Gasteiger partial charge on any atom is -0.349 e. The van der Waals surface area contributed by atoms with Gasteiger partial charge in [0, 0.05) is 24.5 Å². The molecule has 0 atom stereocenters. The SMILES string of the molecule is CC(C)c1ccc(Cn2ccc(C=O)c2)cc1. The molecule has 88 valence electrons. The molecule has 0 fully saturated rings. The zero-order valence-electron chi connectivity index (χ0n) is 10.3. The van der Waals surface area contributed by atoms with E-state index < -0.39 is 0 Å². The summed E-state index contributed by atoms with van der Waals surface area (Å²) < 4.78 is 2.02. The average molecular weight is 227 g/mol. The van der Waals surface area contributed by atoms with Crippen LogP contribution in [0.15, 0.2) is 42.7 Å². The highest BCUT2D eigenvalue weighted by atomic mass is 16.1. The van der Waals surface area contributed by atoms with Crippen LogP contribution in [0.2, 0.25) is 0 Å². The third-order valence-electron chi connectivity index (χ3n) is 2.92. The smallest absolute Gasteiger partial charge is 0.151 e. The lowest BCUT2D eigenvalue weighted by molar-refractivity contribution is 0.112. The molecule has 2 aromatic rings. The van der Waals surface area contributed by atoms with E-state index in [4.69, 9.17) is 0 Å². The quantitative estimate of drug-likeness (QED) is 0.733. The van der Waals surface area contributed by atoms with Crippen molar-refractivity contribution < 1.29 is 4.79 Å². The minimum absolute atomic E-state index is 0.567. The molecular weight excluding hydrogens is 210 g/mol. The van der Waals surface area contributed by atoms with Crippen molar-refractivity contribution in [3.63, 3.8) is 0 Å². The van der Waals surface area contributed by atoms with E-state index in [-0.39, 0.29) is 0 Å². The van der Waals surface area contributed by atoms with Crippen LogP contribution in [0, 0.1) is 0 Å². The van der Waals surface area contributed by atoms with Crippen LogP contribution in [0.4, 0.5) is 0 Å². The van der Waals surface area contributed by atoms with Crippen LogP contribution < -0.4 is 0 Å². The highest BCUT2D eigenvalue weighted by Crippen LogP contribution is 2.15. The molecule has 0 N–H and O–H groups in total. The van der Waals surface area contributed by atoms with Gasteiger partial charge in [-0.05, 0) is 23.1 Å². The van der Waals surface area contributed by atoms with E-state index in [0.29, 0.717) is 5.92 Å². The molecule has 0 radical (unpaired) electrons. The predicted octanol–water partition coefficient (Wildman–Crippen LogP) is 3.47. The standard InChI is InChI=1S/C15H17NO/c1-12(2)15-5-3-13(4-6-15)9-16-8-7-14(10-16)11-17/h3-8,10-12H,9H2,1-2H3. The van der Waals surface area contributed by atoms with Crippen LogP contribution in [0.25, 0.3) is 0 Å². The maximum Gasteiger partial charge on any atom is 0.151 e. The van der Waals surface area contributed by atoms with Crippen molar-refractivity contribution in [1.29, 1.82) is 0 Å². The van der Waals surface area contributed by atoms with E-state index in [1.165, 1.54) is 11.1 Å². The van der Waals surface area contributed by atoms with Gasteiger partial charge < -0.3 is 4.57 Å². The molecule has 0 bridgehead atoms. The van der Waals surface area contributed by atoms with E-state index in [9.17, 15) is 4.79 Å². The summed E-state index contributed by atoms with van der Waals surface area (Å²) in [6, 6.07) is 10.5. The average Bonchev–Trinajstić information content (AvgIpc) is 2.77. The van der Waals surface area contributed by atoms with Gasteiger partial charge in [0.15, 0.2) is 6.29 Å². The van der Waals surface area contributed by atoms with E-state index in [1.807, 2.05) is 23.0 Å². The van der Waals surface area contributed by atoms with Crippen molar-refractivity contribution in [2.45, 2.75) is 26.3 Å². The van der Waals surface area contributed by atoms with Crippen LogP contribution in [0.3, 0.4) is 0 Å². The Morgan fingerprint density at radius 2 is 1.88 bits per heavy atom. The fourth-order valence-electron chi connectivity index (χ4n) is 1.85. The summed E-state index contributed by atoms with van der Waals surface area (Å²) in [4.78, 5) is 10.6. The Labute approximate surface area is 102 Å². The number of rotatable bonds is 4. The van der Waals surface area contributed by atoms with Crippen LogP contribution in [0.1, 0.15) is 41.3 Å². The zero-order chi connectivity index (χ0) is 12.3. The first-order valence-corrected chi connectivity index (χ1v) is 5.89. The number of aldehydes is 1. The van der Waals surface area contributed by atoms with Gasteiger partial charge in [-0.1, -0.05) is 38.1 Å². The molecular formula is C15H17NO. The van der Waals surface area contributed by atoms with Crippen LogP contribution in [-0.2, 0) is 6.54 Å². The number of carbonyl (C=O) groups is 1. The van der Waals surface area contributed by atoms with Crippen molar-refractivity contribution in [1.82, 2.24) is 4.57 Å². The van der Waals surface area contributed by atoms with Crippen molar-refractivity contribution in [3.8, 4) is 0 Å². The molecule has 0 spiro atoms. The maximum absolute atomic E-state index is 10.6. The second kappa shape index (κ2) is 5.00. The molecule has 2 heteroatoms. The molecule has 2 nitrogen and oxygen atoms in total. The molecule has 2 rings (SSSR count). The minimum atomic E-state index is 0.567. The largest absolute Gasteiger partial charge is 0.349 e. The van der Waals surface area contributed by atoms with E-state index in [2.05, 4.69) is 38.1 Å². The van der Waals surface area contributed by atoms with E-state index in [0.717, 1.165) is 18.4 Å². The number of nitrogens with zero attached hydrogens (tertiary/aromatic N) is 1. The topological polar surface area (TPSA) is 22.0 Å². The number of benzene rings is 1. The molecule has 1 aromatic carbocycles. The van der Waals surface area contributed by atoms with Gasteiger partial charge in [-0.3, -0.25) is 4.79 Å². The molecule has 0 aliphatic heterocycles. The number of carbonyl (C=O) groups excluding carboxylic acids is 1. The summed E-state index contributed by atoms with van der Waals surface area (Å²) >= 11 is 0. The third kappa shape index (κ3) is 2.84. The molecule has 1 heterocycles. The van der Waals surface area contributed by atoms with Crippen LogP contribution >= 0.6 is 0 Å². The molecule has 1 aromatic heterocycles. The highest BCUT2D eigenvalue weighted by molar-refractivity contribution is 5.74. The van der Waals surface area contributed by atoms with Gasteiger partial charge in [-0.25, -0.2) is 0 Å². The van der Waals surface area contributed by atoms with Gasteiger partial charge in [0.05, 0.1) is 0 Å². The Bertz CT molecular complexity index is 494. The summed E-state index contributed by atoms with van der Waals surface area (Å²) in [5, 5.41) is 0. The van der Waals surface area contributed by atoms with Gasteiger partial charge >= 0.3 is 0 Å². The summed E-state index contributed by atoms with van der Waals surface area (Å²) in [5.74, 6) is 0.567. The summed E-state index contributed by atoms with van der Waals surface area (Å²) in [7, 11) is 0. The van der Waals surface area contributed by atoms with Crippen LogP contribution in [0.5, 0.6) is 0 Å². The number of aromatic nitrogens is 1. The Kier molecular flexibility index (Phi) is 3.43. The summed E-state index contributed by atoms with van der Waals surface area (Å²) in [6.07, 6.45) is 4.67. The van der Waals surface area contributed by atoms with Crippen molar-refractivity contribution in [3.05, 3.63) is 59.4 Å².